The molecule has 0 heterocycles. The molecular formula is C17H17ClN3O4-. The number of benzene rings is 1. The van der Waals surface area contributed by atoms with Crippen molar-refractivity contribution in [3.8, 4) is 11.8 Å². The fourth-order valence-corrected chi connectivity index (χ4v) is 3.14. The zero-order valence-electron chi connectivity index (χ0n) is 13.6. The van der Waals surface area contributed by atoms with Crippen LogP contribution in [0.3, 0.4) is 0 Å². The van der Waals surface area contributed by atoms with E-state index in [0.29, 0.717) is 5.92 Å². The van der Waals surface area contributed by atoms with Crippen LogP contribution in [-0.4, -0.2) is 16.9 Å². The van der Waals surface area contributed by atoms with Gasteiger partial charge < -0.3 is 10.4 Å². The second-order valence-corrected chi connectivity index (χ2v) is 6.55. The Kier molecular flexibility index (Phi) is 5.99. The lowest BCUT2D eigenvalue weighted by Gasteiger charge is -2.29. The van der Waals surface area contributed by atoms with Crippen LogP contribution < -0.4 is 10.4 Å². The fraction of sp³-hybridized carbons (Fsp3) is 0.412. The van der Waals surface area contributed by atoms with E-state index >= 15 is 0 Å². The smallest absolute Gasteiger partial charge is 0.263 e. The van der Waals surface area contributed by atoms with Gasteiger partial charge in [0.15, 0.2) is 0 Å². The normalized spacial score (nSPS) is 20.6. The van der Waals surface area contributed by atoms with Crippen LogP contribution >= 0.6 is 11.6 Å². The Hall–Kier alpha value is -2.59. The van der Waals surface area contributed by atoms with Gasteiger partial charge in [0.05, 0.1) is 4.92 Å². The van der Waals surface area contributed by atoms with Gasteiger partial charge in [-0.05, 0) is 42.2 Å². The van der Waals surface area contributed by atoms with E-state index in [1.165, 1.54) is 6.07 Å². The van der Waals surface area contributed by atoms with Crippen molar-refractivity contribution in [2.24, 2.45) is 5.92 Å². The number of hydrogen-bond acceptors (Lipinski definition) is 5. The summed E-state index contributed by atoms with van der Waals surface area (Å²) in [6, 6.07) is 3.86. The highest BCUT2D eigenvalue weighted by molar-refractivity contribution is 6.31. The van der Waals surface area contributed by atoms with E-state index in [2.05, 4.69) is 5.32 Å². The maximum Gasteiger partial charge on any atom is 0.263 e. The molecule has 25 heavy (non-hydrogen) atoms. The summed E-state index contributed by atoms with van der Waals surface area (Å²) < 4.78 is 0. The quantitative estimate of drug-likeness (QED) is 0.382. The number of halogens is 1. The van der Waals surface area contributed by atoms with Gasteiger partial charge in [-0.25, -0.2) is 0 Å². The van der Waals surface area contributed by atoms with Gasteiger partial charge in [-0.3, -0.25) is 14.9 Å². The summed E-state index contributed by atoms with van der Waals surface area (Å²) in [5.74, 6) is -1.18. The van der Waals surface area contributed by atoms with Crippen molar-refractivity contribution in [2.75, 3.05) is 0 Å². The third kappa shape index (κ3) is 4.48. The highest BCUT2D eigenvalue weighted by atomic mass is 35.5. The summed E-state index contributed by atoms with van der Waals surface area (Å²) in [7, 11) is 0. The maximum atomic E-state index is 12.3. The summed E-state index contributed by atoms with van der Waals surface area (Å²) in [5, 5.41) is 35.0. The molecule has 132 valence electrons. The first kappa shape index (κ1) is 18.7. The lowest BCUT2D eigenvalue weighted by Crippen LogP contribution is -2.41. The van der Waals surface area contributed by atoms with Crippen LogP contribution in [-0.2, 0) is 4.79 Å². The van der Waals surface area contributed by atoms with Crippen LogP contribution in [0.5, 0.6) is 5.75 Å². The second kappa shape index (κ2) is 7.99. The molecule has 1 aromatic carbocycles. The highest BCUT2D eigenvalue weighted by Gasteiger charge is 2.24. The van der Waals surface area contributed by atoms with Gasteiger partial charge in [0.25, 0.3) is 11.6 Å². The van der Waals surface area contributed by atoms with Crippen LogP contribution in [0.2, 0.25) is 5.02 Å². The Morgan fingerprint density at radius 2 is 2.12 bits per heavy atom. The minimum absolute atomic E-state index is 0.0175. The maximum absolute atomic E-state index is 12.3. The molecule has 0 spiro atoms. The van der Waals surface area contributed by atoms with Gasteiger partial charge in [-0.1, -0.05) is 31.4 Å². The number of nitrogens with zero attached hydrogens (tertiary/aromatic N) is 2. The highest BCUT2D eigenvalue weighted by Crippen LogP contribution is 2.32. The molecule has 1 amide bonds. The lowest BCUT2D eigenvalue weighted by molar-refractivity contribution is -0.398. The predicted octanol–water partition coefficient (Wildman–Crippen LogP) is 2.92. The molecule has 0 bridgehead atoms. The lowest BCUT2D eigenvalue weighted by atomic mass is 9.86. The number of carbonyl (C=O) groups excluding carboxylic acids is 1. The van der Waals surface area contributed by atoms with Gasteiger partial charge in [-0.15, -0.1) is 0 Å². The monoisotopic (exact) mass is 362 g/mol. The van der Waals surface area contributed by atoms with E-state index in [1.54, 1.807) is 6.07 Å². The molecule has 1 fully saturated rings. The van der Waals surface area contributed by atoms with Crippen molar-refractivity contribution in [1.29, 1.82) is 5.26 Å². The summed E-state index contributed by atoms with van der Waals surface area (Å²) in [6.07, 6.45) is 5.00. The van der Waals surface area contributed by atoms with Gasteiger partial charge in [0, 0.05) is 17.1 Å². The molecule has 1 aromatic rings. The molecule has 0 saturated heterocycles. The van der Waals surface area contributed by atoms with Crippen molar-refractivity contribution < 1.29 is 14.8 Å². The van der Waals surface area contributed by atoms with E-state index in [1.807, 2.05) is 6.92 Å². The van der Waals surface area contributed by atoms with E-state index in [9.17, 15) is 25.3 Å². The third-order valence-corrected chi connectivity index (χ3v) is 4.57. The molecule has 8 heteroatoms. The standard InChI is InChI=1S/C17H18ClN3O4/c1-10-4-2-3-5-14(10)20-17(23)12(9-19)6-11-7-13(18)8-15(16(11)22)21(24)25/h6-8,10,14,22H,2-5H2,1H3,(H,20,23)/p-1/b12-6+/t10-,14+/m0/s1. The summed E-state index contributed by atoms with van der Waals surface area (Å²) in [4.78, 5) is 22.4. The molecule has 2 rings (SSSR count). The fourth-order valence-electron chi connectivity index (χ4n) is 2.92. The predicted molar refractivity (Wildman–Crippen MR) is 90.7 cm³/mol. The number of nitro benzene ring substituents is 1. The minimum atomic E-state index is -0.888. The number of hydrogen-bond donors (Lipinski definition) is 1. The molecule has 1 N–H and O–H groups in total. The minimum Gasteiger partial charge on any atom is -0.867 e. The van der Waals surface area contributed by atoms with Gasteiger partial charge in [0.1, 0.15) is 11.6 Å². The van der Waals surface area contributed by atoms with Crippen molar-refractivity contribution in [2.45, 2.75) is 38.6 Å². The third-order valence-electron chi connectivity index (χ3n) is 4.35. The number of amides is 1. The van der Waals surface area contributed by atoms with Crippen LogP contribution in [0.25, 0.3) is 6.08 Å². The van der Waals surface area contributed by atoms with E-state index in [-0.39, 0.29) is 22.2 Å². The molecule has 0 aliphatic heterocycles. The molecule has 7 nitrogen and oxygen atoms in total. The van der Waals surface area contributed by atoms with Crippen molar-refractivity contribution in [1.82, 2.24) is 5.32 Å². The zero-order valence-corrected chi connectivity index (χ0v) is 14.4. The van der Waals surface area contributed by atoms with E-state index < -0.39 is 22.3 Å². The van der Waals surface area contributed by atoms with Crippen molar-refractivity contribution >= 4 is 29.3 Å². The van der Waals surface area contributed by atoms with Crippen LogP contribution in [0.15, 0.2) is 17.7 Å². The Balaban J connectivity index is 2.29. The van der Waals surface area contributed by atoms with Crippen molar-refractivity contribution in [3.05, 3.63) is 38.4 Å². The van der Waals surface area contributed by atoms with E-state index in [0.717, 1.165) is 37.8 Å². The van der Waals surface area contributed by atoms with E-state index in [4.69, 9.17) is 11.6 Å². The second-order valence-electron chi connectivity index (χ2n) is 6.11. The molecule has 0 unspecified atom stereocenters. The largest absolute Gasteiger partial charge is 0.867 e. The topological polar surface area (TPSA) is 119 Å². The summed E-state index contributed by atoms with van der Waals surface area (Å²) in [5.41, 5.74) is -1.15. The first-order chi connectivity index (χ1) is 11.8. The number of carbonyl (C=O) groups is 1. The molecule has 1 aliphatic rings. The summed E-state index contributed by atoms with van der Waals surface area (Å²) >= 11 is 5.79. The number of nitrogens with one attached hydrogen (secondary N) is 1. The molecule has 2 atom stereocenters. The Labute approximate surface area is 150 Å². The molecular weight excluding hydrogens is 346 g/mol. The number of rotatable bonds is 4. The Morgan fingerprint density at radius 1 is 1.44 bits per heavy atom. The Bertz CT molecular complexity index is 770. The van der Waals surface area contributed by atoms with Crippen molar-refractivity contribution in [3.63, 3.8) is 0 Å². The van der Waals surface area contributed by atoms with Crippen LogP contribution in [0.1, 0.15) is 38.2 Å². The average molecular weight is 363 g/mol. The summed E-state index contributed by atoms with van der Waals surface area (Å²) in [6.45, 7) is 2.04. The van der Waals surface area contributed by atoms with Crippen LogP contribution in [0, 0.1) is 27.4 Å². The molecule has 1 aliphatic carbocycles. The molecule has 0 radical (unpaired) electrons. The van der Waals surface area contributed by atoms with Gasteiger partial charge in [-0.2, -0.15) is 5.26 Å². The van der Waals surface area contributed by atoms with Gasteiger partial charge >= 0.3 is 0 Å². The Morgan fingerprint density at radius 3 is 2.72 bits per heavy atom. The first-order valence-corrected chi connectivity index (χ1v) is 8.29. The molecule has 1 saturated carbocycles. The van der Waals surface area contributed by atoms with Crippen LogP contribution in [0.4, 0.5) is 5.69 Å². The number of nitriles is 1. The zero-order chi connectivity index (χ0) is 18.6. The van der Waals surface area contributed by atoms with Gasteiger partial charge in [0.2, 0.25) is 0 Å². The SMILES string of the molecule is C[C@H]1CCCC[C@H]1NC(=O)/C(C#N)=C/c1cc(Cl)cc([N+](=O)[O-])c1[O-]. The number of nitro groups is 1. The average Bonchev–Trinajstić information content (AvgIpc) is 2.56. The first-order valence-electron chi connectivity index (χ1n) is 7.91. The molecule has 0 aromatic heterocycles.